The third kappa shape index (κ3) is 3.11. The van der Waals surface area contributed by atoms with Gasteiger partial charge in [-0.2, -0.15) is 0 Å². The summed E-state index contributed by atoms with van der Waals surface area (Å²) in [5, 5.41) is 9.56. The molecular weight excluding hydrogens is 200 g/mol. The summed E-state index contributed by atoms with van der Waals surface area (Å²) in [6.07, 6.45) is 1.70. The van der Waals surface area contributed by atoms with E-state index in [1.54, 1.807) is 12.1 Å². The van der Waals surface area contributed by atoms with Gasteiger partial charge in [-0.3, -0.25) is 0 Å². The van der Waals surface area contributed by atoms with Crippen LogP contribution in [-0.2, 0) is 6.42 Å². The molecule has 0 atom stereocenters. The first-order valence-corrected chi connectivity index (χ1v) is 5.32. The molecule has 0 saturated carbocycles. The first-order valence-electron chi connectivity index (χ1n) is 4.78. The zero-order valence-electron chi connectivity index (χ0n) is 8.29. The molecule has 1 N–H and O–H groups in total. The quantitative estimate of drug-likeness (QED) is 0.603. The number of hydrogen-bond acceptors (Lipinski definition) is 2. The Hall–Kier alpha value is -0.890. The Balaban J connectivity index is 2.59. The van der Waals surface area contributed by atoms with Crippen LogP contribution in [0.15, 0.2) is 18.2 Å². The smallest absolute Gasteiger partial charge is 0.160 e. The minimum atomic E-state index is 0.207. The molecule has 3 heteroatoms. The average Bonchev–Trinajstić information content (AvgIpc) is 2.20. The molecule has 0 bridgehead atoms. The van der Waals surface area contributed by atoms with Gasteiger partial charge in [-0.05, 0) is 30.5 Å². The number of alkyl halides is 1. The minimum absolute atomic E-state index is 0.207. The number of aromatic hydroxyl groups is 1. The maximum atomic E-state index is 9.56. The van der Waals surface area contributed by atoms with Crippen molar-refractivity contribution >= 4 is 11.6 Å². The molecule has 0 aliphatic heterocycles. The van der Waals surface area contributed by atoms with Gasteiger partial charge in [-0.15, -0.1) is 11.6 Å². The average molecular weight is 215 g/mol. The third-order valence-electron chi connectivity index (χ3n) is 1.97. The Morgan fingerprint density at radius 2 is 2.21 bits per heavy atom. The van der Waals surface area contributed by atoms with E-state index in [9.17, 15) is 5.11 Å². The first kappa shape index (κ1) is 11.2. The number of benzene rings is 1. The predicted octanol–water partition coefficient (Wildman–Crippen LogP) is 2.96. The fraction of sp³-hybridized carbons (Fsp3) is 0.455. The molecule has 0 fully saturated rings. The SMILES string of the molecule is CCc1ccc(OCCCCl)c(O)c1. The Labute approximate surface area is 89.5 Å². The van der Waals surface area contributed by atoms with E-state index in [1.807, 2.05) is 13.0 Å². The van der Waals surface area contributed by atoms with Crippen molar-refractivity contribution in [3.63, 3.8) is 0 Å². The van der Waals surface area contributed by atoms with Gasteiger partial charge in [-0.1, -0.05) is 13.0 Å². The molecule has 1 aromatic carbocycles. The summed E-state index contributed by atoms with van der Waals surface area (Å²) in [4.78, 5) is 0. The van der Waals surface area contributed by atoms with Gasteiger partial charge in [-0.25, -0.2) is 0 Å². The maximum absolute atomic E-state index is 9.56. The summed E-state index contributed by atoms with van der Waals surface area (Å²) in [5.41, 5.74) is 1.10. The fourth-order valence-electron chi connectivity index (χ4n) is 1.14. The van der Waals surface area contributed by atoms with Gasteiger partial charge in [0.05, 0.1) is 6.61 Å². The zero-order valence-corrected chi connectivity index (χ0v) is 9.05. The summed E-state index contributed by atoms with van der Waals surface area (Å²) >= 11 is 5.51. The van der Waals surface area contributed by atoms with E-state index in [2.05, 4.69) is 0 Å². The van der Waals surface area contributed by atoms with Crippen molar-refractivity contribution in [3.8, 4) is 11.5 Å². The van der Waals surface area contributed by atoms with Crippen molar-refractivity contribution in [2.75, 3.05) is 12.5 Å². The van der Waals surface area contributed by atoms with Gasteiger partial charge in [0, 0.05) is 5.88 Å². The molecule has 0 aliphatic carbocycles. The predicted molar refractivity (Wildman–Crippen MR) is 58.3 cm³/mol. The van der Waals surface area contributed by atoms with E-state index in [0.29, 0.717) is 18.2 Å². The van der Waals surface area contributed by atoms with Crippen LogP contribution in [0.3, 0.4) is 0 Å². The highest BCUT2D eigenvalue weighted by Gasteiger charge is 2.02. The zero-order chi connectivity index (χ0) is 10.4. The Bertz CT molecular complexity index is 287. The Morgan fingerprint density at radius 3 is 2.79 bits per heavy atom. The van der Waals surface area contributed by atoms with Crippen LogP contribution in [-0.4, -0.2) is 17.6 Å². The van der Waals surface area contributed by atoms with Crippen LogP contribution < -0.4 is 4.74 Å². The number of halogens is 1. The van der Waals surface area contributed by atoms with Crippen LogP contribution in [0, 0.1) is 0 Å². The lowest BCUT2D eigenvalue weighted by molar-refractivity contribution is 0.300. The first-order chi connectivity index (χ1) is 6.77. The van der Waals surface area contributed by atoms with Crippen LogP contribution in [0.2, 0.25) is 0 Å². The van der Waals surface area contributed by atoms with Crippen molar-refractivity contribution in [2.45, 2.75) is 19.8 Å². The molecule has 0 unspecified atom stereocenters. The monoisotopic (exact) mass is 214 g/mol. The largest absolute Gasteiger partial charge is 0.504 e. The van der Waals surface area contributed by atoms with Crippen molar-refractivity contribution < 1.29 is 9.84 Å². The van der Waals surface area contributed by atoms with Gasteiger partial charge < -0.3 is 9.84 Å². The highest BCUT2D eigenvalue weighted by atomic mass is 35.5. The number of rotatable bonds is 5. The molecule has 0 spiro atoms. The lowest BCUT2D eigenvalue weighted by atomic mass is 10.1. The van der Waals surface area contributed by atoms with Crippen LogP contribution in [0.25, 0.3) is 0 Å². The second kappa shape index (κ2) is 5.76. The van der Waals surface area contributed by atoms with Crippen molar-refractivity contribution in [3.05, 3.63) is 23.8 Å². The van der Waals surface area contributed by atoms with E-state index < -0.39 is 0 Å². The number of ether oxygens (including phenoxy) is 1. The van der Waals surface area contributed by atoms with E-state index >= 15 is 0 Å². The molecule has 0 radical (unpaired) electrons. The van der Waals surface area contributed by atoms with Gasteiger partial charge in [0.25, 0.3) is 0 Å². The summed E-state index contributed by atoms with van der Waals surface area (Å²) < 4.78 is 5.34. The third-order valence-corrected chi connectivity index (χ3v) is 2.23. The maximum Gasteiger partial charge on any atom is 0.160 e. The summed E-state index contributed by atoms with van der Waals surface area (Å²) in [5.74, 6) is 1.32. The molecule has 1 rings (SSSR count). The highest BCUT2D eigenvalue weighted by molar-refractivity contribution is 6.17. The van der Waals surface area contributed by atoms with E-state index in [4.69, 9.17) is 16.3 Å². The Morgan fingerprint density at radius 1 is 1.43 bits per heavy atom. The van der Waals surface area contributed by atoms with Crippen LogP contribution in [0.5, 0.6) is 11.5 Å². The summed E-state index contributed by atoms with van der Waals surface area (Å²) in [6.45, 7) is 2.59. The highest BCUT2D eigenvalue weighted by Crippen LogP contribution is 2.26. The standard InChI is InChI=1S/C11H15ClO2/c1-2-9-4-5-11(10(13)8-9)14-7-3-6-12/h4-5,8,13H,2-3,6-7H2,1H3. The van der Waals surface area contributed by atoms with Gasteiger partial charge in [0.1, 0.15) is 0 Å². The molecule has 2 nitrogen and oxygen atoms in total. The second-order valence-corrected chi connectivity index (χ2v) is 3.42. The second-order valence-electron chi connectivity index (χ2n) is 3.05. The summed E-state index contributed by atoms with van der Waals surface area (Å²) in [7, 11) is 0. The minimum Gasteiger partial charge on any atom is -0.504 e. The van der Waals surface area contributed by atoms with Gasteiger partial charge in [0.2, 0.25) is 0 Å². The van der Waals surface area contributed by atoms with E-state index in [0.717, 1.165) is 18.4 Å². The van der Waals surface area contributed by atoms with Crippen LogP contribution in [0.4, 0.5) is 0 Å². The summed E-state index contributed by atoms with van der Waals surface area (Å²) in [6, 6.07) is 5.48. The van der Waals surface area contributed by atoms with Crippen molar-refractivity contribution in [1.29, 1.82) is 0 Å². The van der Waals surface area contributed by atoms with Crippen LogP contribution in [0.1, 0.15) is 18.9 Å². The van der Waals surface area contributed by atoms with E-state index in [-0.39, 0.29) is 5.75 Å². The molecular formula is C11H15ClO2. The molecule has 78 valence electrons. The molecule has 14 heavy (non-hydrogen) atoms. The van der Waals surface area contributed by atoms with Gasteiger partial charge >= 0.3 is 0 Å². The molecule has 0 heterocycles. The normalized spacial score (nSPS) is 10.1. The number of phenolic OH excluding ortho intramolecular Hbond substituents is 1. The Kier molecular flexibility index (Phi) is 4.60. The number of aryl methyl sites for hydroxylation is 1. The topological polar surface area (TPSA) is 29.5 Å². The lowest BCUT2D eigenvalue weighted by Crippen LogP contribution is -1.98. The molecule has 0 aliphatic rings. The molecule has 0 amide bonds. The van der Waals surface area contributed by atoms with Crippen molar-refractivity contribution in [2.24, 2.45) is 0 Å². The number of hydrogen-bond donors (Lipinski definition) is 1. The lowest BCUT2D eigenvalue weighted by Gasteiger charge is -2.07. The van der Waals surface area contributed by atoms with Crippen molar-refractivity contribution in [1.82, 2.24) is 0 Å². The van der Waals surface area contributed by atoms with Crippen LogP contribution >= 0.6 is 11.6 Å². The molecule has 1 aromatic rings. The van der Waals surface area contributed by atoms with Gasteiger partial charge in [0.15, 0.2) is 11.5 Å². The van der Waals surface area contributed by atoms with E-state index in [1.165, 1.54) is 0 Å². The molecule has 0 saturated heterocycles. The number of phenols is 1. The molecule has 0 aromatic heterocycles. The fourth-order valence-corrected chi connectivity index (χ4v) is 1.25.